The van der Waals surface area contributed by atoms with Crippen LogP contribution < -0.4 is 5.11 Å². The first-order chi connectivity index (χ1) is 19.7. The Morgan fingerprint density at radius 2 is 0.951 bits per heavy atom. The third kappa shape index (κ3) is 19.0. The minimum Gasteiger partial charge on any atom is -0.550 e. The fraction of sp³-hybridized carbons (Fsp3) is 0.853. The Balaban J connectivity index is 4.81. The Kier molecular flexibility index (Phi) is 23.5. The molecule has 7 nitrogen and oxygen atoms in total. The summed E-state index contributed by atoms with van der Waals surface area (Å²) >= 11 is 0. The van der Waals surface area contributed by atoms with Crippen molar-refractivity contribution in [1.82, 2.24) is 0 Å². The summed E-state index contributed by atoms with van der Waals surface area (Å²) in [7, 11) is 0. The number of hydrogen-bond acceptors (Lipinski definition) is 4. The van der Waals surface area contributed by atoms with E-state index in [1.165, 1.54) is 64.2 Å². The van der Waals surface area contributed by atoms with Crippen molar-refractivity contribution in [3.8, 4) is 0 Å². The lowest BCUT2D eigenvalue weighted by molar-refractivity contribution is -0.935. The third-order valence-corrected chi connectivity index (χ3v) is 8.73. The lowest BCUT2D eigenvalue weighted by Crippen LogP contribution is -2.59. The van der Waals surface area contributed by atoms with Crippen molar-refractivity contribution >= 4 is 17.9 Å². The van der Waals surface area contributed by atoms with Gasteiger partial charge in [-0.05, 0) is 57.8 Å². The standard InChI is InChI=1S/C34H63NO6/c1-5-9-10-11-12-13-14-15-16-17-18-19-20-21-22-23-24-25-35(26-29(6-2)32(36)37,27-30(7-3)33(38)39)28-31(8-4)34(40)41/h15-16,29-31H,5-14,17-28H2,1-4H3,(H2-,36,37,38,39,40,41)/b16-15+. The van der Waals surface area contributed by atoms with Crippen LogP contribution in [0.1, 0.15) is 143 Å². The topological polar surface area (TPSA) is 115 Å². The Morgan fingerprint density at radius 1 is 0.585 bits per heavy atom. The molecule has 0 fully saturated rings. The van der Waals surface area contributed by atoms with Crippen LogP contribution >= 0.6 is 0 Å². The smallest absolute Gasteiger partial charge is 0.312 e. The predicted molar refractivity (Wildman–Crippen MR) is 165 cm³/mol. The quantitative estimate of drug-likeness (QED) is 0.0547. The van der Waals surface area contributed by atoms with Gasteiger partial charge in [0.2, 0.25) is 0 Å². The fourth-order valence-corrected chi connectivity index (χ4v) is 5.91. The highest BCUT2D eigenvalue weighted by molar-refractivity contribution is 5.70. The van der Waals surface area contributed by atoms with Crippen LogP contribution in [0, 0.1) is 17.8 Å². The summed E-state index contributed by atoms with van der Waals surface area (Å²) in [5, 5.41) is 31.5. The number of rotatable bonds is 29. The molecule has 0 aliphatic carbocycles. The van der Waals surface area contributed by atoms with Gasteiger partial charge in [0.25, 0.3) is 0 Å². The molecule has 3 atom stereocenters. The maximum Gasteiger partial charge on any atom is 0.312 e. The summed E-state index contributed by atoms with van der Waals surface area (Å²) in [6.45, 7) is 9.02. The second-order valence-corrected chi connectivity index (χ2v) is 12.2. The highest BCUT2D eigenvalue weighted by Gasteiger charge is 2.39. The molecule has 0 rings (SSSR count). The highest BCUT2D eigenvalue weighted by Crippen LogP contribution is 2.25. The molecule has 0 aromatic heterocycles. The van der Waals surface area contributed by atoms with Gasteiger partial charge in [-0.1, -0.05) is 97.6 Å². The second kappa shape index (κ2) is 24.7. The molecular formula is C34H63NO6. The average molecular weight is 582 g/mol. The zero-order chi connectivity index (χ0) is 30.9. The molecule has 0 spiro atoms. The first-order valence-electron chi connectivity index (χ1n) is 16.8. The zero-order valence-electron chi connectivity index (χ0n) is 26.9. The maximum absolute atomic E-state index is 12.0. The highest BCUT2D eigenvalue weighted by atomic mass is 16.4. The molecule has 0 bridgehead atoms. The van der Waals surface area contributed by atoms with Gasteiger partial charge in [-0.3, -0.25) is 9.59 Å². The van der Waals surface area contributed by atoms with Crippen molar-refractivity contribution in [2.24, 2.45) is 17.8 Å². The molecule has 0 saturated carbocycles. The molecular weight excluding hydrogens is 518 g/mol. The number of hydrogen-bond donors (Lipinski definition) is 2. The first kappa shape index (κ1) is 39.1. The molecule has 0 aromatic carbocycles. The van der Waals surface area contributed by atoms with Crippen molar-refractivity contribution in [2.45, 2.75) is 143 Å². The summed E-state index contributed by atoms with van der Waals surface area (Å²) in [4.78, 5) is 35.8. The zero-order valence-corrected chi connectivity index (χ0v) is 26.9. The Bertz CT molecular complexity index is 662. The third-order valence-electron chi connectivity index (χ3n) is 8.73. The summed E-state index contributed by atoms with van der Waals surface area (Å²) in [6.07, 6.45) is 24.0. The molecule has 7 heteroatoms. The van der Waals surface area contributed by atoms with E-state index >= 15 is 0 Å². The molecule has 240 valence electrons. The van der Waals surface area contributed by atoms with Crippen LogP contribution in [-0.4, -0.2) is 58.8 Å². The summed E-state index contributed by atoms with van der Waals surface area (Å²) < 4.78 is 0.215. The number of carboxylic acid groups (broad SMARTS) is 3. The van der Waals surface area contributed by atoms with Crippen LogP contribution in [0.15, 0.2) is 12.2 Å². The van der Waals surface area contributed by atoms with E-state index in [0.717, 1.165) is 32.1 Å². The fourth-order valence-electron chi connectivity index (χ4n) is 5.91. The maximum atomic E-state index is 12.0. The minimum atomic E-state index is -1.14. The van der Waals surface area contributed by atoms with Gasteiger partial charge in [0.1, 0.15) is 11.8 Å². The number of aliphatic carboxylic acids is 3. The van der Waals surface area contributed by atoms with Crippen LogP contribution in [-0.2, 0) is 14.4 Å². The van der Waals surface area contributed by atoms with E-state index in [4.69, 9.17) is 0 Å². The number of nitrogens with zero attached hydrogens (tertiary/aromatic N) is 1. The Morgan fingerprint density at radius 3 is 1.32 bits per heavy atom. The van der Waals surface area contributed by atoms with E-state index in [1.54, 1.807) is 6.92 Å². The monoisotopic (exact) mass is 581 g/mol. The normalized spacial score (nSPS) is 15.4. The molecule has 0 aliphatic rings. The van der Waals surface area contributed by atoms with E-state index in [-0.39, 0.29) is 24.1 Å². The van der Waals surface area contributed by atoms with Gasteiger partial charge in [0.15, 0.2) is 0 Å². The number of carbonyl (C=O) groups excluding carboxylic acids is 1. The number of carboxylic acids is 3. The van der Waals surface area contributed by atoms with Gasteiger partial charge in [-0.2, -0.15) is 0 Å². The molecule has 2 N–H and O–H groups in total. The molecule has 0 amide bonds. The molecule has 41 heavy (non-hydrogen) atoms. The van der Waals surface area contributed by atoms with Crippen molar-refractivity contribution in [2.75, 3.05) is 26.2 Å². The molecule has 0 aliphatic heterocycles. The molecule has 0 radical (unpaired) electrons. The van der Waals surface area contributed by atoms with Gasteiger partial charge < -0.3 is 24.6 Å². The summed E-state index contributed by atoms with van der Waals surface area (Å²) in [5.41, 5.74) is 0. The van der Waals surface area contributed by atoms with Gasteiger partial charge in [0.05, 0.1) is 32.1 Å². The van der Waals surface area contributed by atoms with Crippen molar-refractivity contribution in [3.63, 3.8) is 0 Å². The van der Waals surface area contributed by atoms with Crippen LogP contribution in [0.5, 0.6) is 0 Å². The SMILES string of the molecule is CCCCCCCC/C=C/CCCCCCCCC[N+](CC(CC)C(=O)[O-])(CC(CC)C(=O)O)CC(CC)C(=O)O. The van der Waals surface area contributed by atoms with E-state index in [0.29, 0.717) is 25.8 Å². The first-order valence-corrected chi connectivity index (χ1v) is 16.8. The largest absolute Gasteiger partial charge is 0.550 e. The predicted octanol–water partition coefficient (Wildman–Crippen LogP) is 7.23. The summed E-state index contributed by atoms with van der Waals surface area (Å²) in [5.74, 6) is -4.96. The van der Waals surface area contributed by atoms with Crippen molar-refractivity contribution in [1.29, 1.82) is 0 Å². The van der Waals surface area contributed by atoms with Crippen LogP contribution in [0.3, 0.4) is 0 Å². The second-order valence-electron chi connectivity index (χ2n) is 12.2. The molecule has 0 heterocycles. The number of quaternary nitrogens is 1. The Labute approximate surface area is 251 Å². The van der Waals surface area contributed by atoms with Crippen molar-refractivity contribution < 1.29 is 34.2 Å². The van der Waals surface area contributed by atoms with E-state index < -0.39 is 35.7 Å². The lowest BCUT2D eigenvalue weighted by Gasteiger charge is -2.44. The minimum absolute atomic E-state index is 0.215. The molecule has 3 unspecified atom stereocenters. The van der Waals surface area contributed by atoms with Crippen molar-refractivity contribution in [3.05, 3.63) is 12.2 Å². The lowest BCUT2D eigenvalue weighted by atomic mass is 9.95. The van der Waals surface area contributed by atoms with Gasteiger partial charge in [-0.15, -0.1) is 0 Å². The molecule has 0 saturated heterocycles. The van der Waals surface area contributed by atoms with Gasteiger partial charge >= 0.3 is 11.9 Å². The number of allylic oxidation sites excluding steroid dienone is 2. The average Bonchev–Trinajstić information content (AvgIpc) is 2.94. The Hall–Kier alpha value is -1.89. The van der Waals surface area contributed by atoms with E-state index in [2.05, 4.69) is 19.1 Å². The van der Waals surface area contributed by atoms with Crippen LogP contribution in [0.4, 0.5) is 0 Å². The van der Waals surface area contributed by atoms with E-state index in [9.17, 15) is 29.7 Å². The summed E-state index contributed by atoms with van der Waals surface area (Å²) in [6, 6.07) is 0. The van der Waals surface area contributed by atoms with Gasteiger partial charge in [0, 0.05) is 5.92 Å². The van der Waals surface area contributed by atoms with Crippen LogP contribution in [0.25, 0.3) is 0 Å². The van der Waals surface area contributed by atoms with E-state index in [1.807, 2.05) is 13.8 Å². The van der Waals surface area contributed by atoms with Gasteiger partial charge in [-0.25, -0.2) is 0 Å². The number of unbranched alkanes of at least 4 members (excludes halogenated alkanes) is 13. The molecule has 0 aromatic rings. The van der Waals surface area contributed by atoms with Crippen LogP contribution in [0.2, 0.25) is 0 Å². The number of carbonyl (C=O) groups is 3.